The first kappa shape index (κ1) is 15.2. The molecule has 1 aromatic heterocycles. The number of anilines is 1. The zero-order valence-electron chi connectivity index (χ0n) is 12.8. The van der Waals surface area contributed by atoms with Crippen LogP contribution in [0.4, 0.5) is 5.82 Å². The predicted molar refractivity (Wildman–Crippen MR) is 80.8 cm³/mol. The summed E-state index contributed by atoms with van der Waals surface area (Å²) in [5, 5.41) is 3.35. The van der Waals surface area contributed by atoms with Crippen LogP contribution in [0.2, 0.25) is 0 Å². The van der Waals surface area contributed by atoms with Crippen molar-refractivity contribution in [2.75, 3.05) is 31.7 Å². The summed E-state index contributed by atoms with van der Waals surface area (Å²) >= 11 is 0. The molecule has 1 aliphatic heterocycles. The van der Waals surface area contributed by atoms with Crippen molar-refractivity contribution in [1.29, 1.82) is 0 Å². The van der Waals surface area contributed by atoms with Gasteiger partial charge in [0, 0.05) is 32.8 Å². The molecule has 1 atom stereocenters. The van der Waals surface area contributed by atoms with Crippen molar-refractivity contribution in [3.8, 4) is 0 Å². The topological polar surface area (TPSA) is 50.3 Å². The SMILES string of the molecule is COCC1CCCN(c2cnc(CNC(C)C)cn2)C1. The van der Waals surface area contributed by atoms with Crippen LogP contribution in [0.3, 0.4) is 0 Å². The van der Waals surface area contributed by atoms with Crippen LogP contribution in [0.15, 0.2) is 12.4 Å². The second-order valence-electron chi connectivity index (χ2n) is 5.81. The molecule has 0 saturated carbocycles. The van der Waals surface area contributed by atoms with E-state index in [9.17, 15) is 0 Å². The molecule has 1 aromatic rings. The lowest BCUT2D eigenvalue weighted by molar-refractivity contribution is 0.143. The number of rotatable bonds is 6. The van der Waals surface area contributed by atoms with Crippen LogP contribution in [-0.2, 0) is 11.3 Å². The lowest BCUT2D eigenvalue weighted by atomic mass is 9.99. The highest BCUT2D eigenvalue weighted by Crippen LogP contribution is 2.21. The first-order valence-corrected chi connectivity index (χ1v) is 7.47. The Kier molecular flexibility index (Phi) is 5.73. The Morgan fingerprint density at radius 1 is 1.40 bits per heavy atom. The summed E-state index contributed by atoms with van der Waals surface area (Å²) in [5.41, 5.74) is 0.993. The van der Waals surface area contributed by atoms with Gasteiger partial charge in [0.25, 0.3) is 0 Å². The van der Waals surface area contributed by atoms with Crippen LogP contribution in [0, 0.1) is 5.92 Å². The second-order valence-corrected chi connectivity index (χ2v) is 5.81. The number of hydrogen-bond acceptors (Lipinski definition) is 5. The van der Waals surface area contributed by atoms with Gasteiger partial charge < -0.3 is 15.0 Å². The van der Waals surface area contributed by atoms with Crippen molar-refractivity contribution in [3.63, 3.8) is 0 Å². The Hall–Kier alpha value is -1.20. The highest BCUT2D eigenvalue weighted by molar-refractivity contribution is 5.36. The summed E-state index contributed by atoms with van der Waals surface area (Å²) in [6, 6.07) is 0.466. The van der Waals surface area contributed by atoms with Gasteiger partial charge in [-0.15, -0.1) is 0 Å². The highest BCUT2D eigenvalue weighted by atomic mass is 16.5. The molecule has 1 N–H and O–H groups in total. The molecule has 0 amide bonds. The zero-order chi connectivity index (χ0) is 14.4. The van der Waals surface area contributed by atoms with Gasteiger partial charge in [0.2, 0.25) is 0 Å². The number of hydrogen-bond donors (Lipinski definition) is 1. The lowest BCUT2D eigenvalue weighted by Gasteiger charge is -2.33. The minimum Gasteiger partial charge on any atom is -0.384 e. The second kappa shape index (κ2) is 7.55. The van der Waals surface area contributed by atoms with E-state index in [2.05, 4.69) is 34.0 Å². The fraction of sp³-hybridized carbons (Fsp3) is 0.733. The largest absolute Gasteiger partial charge is 0.384 e. The molecule has 5 heteroatoms. The Balaban J connectivity index is 1.91. The number of nitrogens with one attached hydrogen (secondary N) is 1. The van der Waals surface area contributed by atoms with Gasteiger partial charge in [0.15, 0.2) is 0 Å². The van der Waals surface area contributed by atoms with E-state index in [0.717, 1.165) is 37.8 Å². The molecule has 1 unspecified atom stereocenters. The summed E-state index contributed by atoms with van der Waals surface area (Å²) in [6.07, 6.45) is 6.22. The average Bonchev–Trinajstić information content (AvgIpc) is 2.46. The molecule has 2 heterocycles. The third-order valence-corrected chi connectivity index (χ3v) is 3.63. The average molecular weight is 278 g/mol. The minimum absolute atomic E-state index is 0.466. The van der Waals surface area contributed by atoms with Crippen LogP contribution >= 0.6 is 0 Å². The van der Waals surface area contributed by atoms with Crippen LogP contribution in [0.1, 0.15) is 32.4 Å². The first-order chi connectivity index (χ1) is 9.69. The summed E-state index contributed by atoms with van der Waals surface area (Å²) in [6.45, 7) is 7.96. The lowest BCUT2D eigenvalue weighted by Crippen LogP contribution is -2.37. The molecule has 0 aromatic carbocycles. The zero-order valence-corrected chi connectivity index (χ0v) is 12.8. The first-order valence-electron chi connectivity index (χ1n) is 7.47. The standard InChI is InChI=1S/C15H26N4O/c1-12(2)16-7-14-8-18-15(9-17-14)19-6-4-5-13(10-19)11-20-3/h8-9,12-13,16H,4-7,10-11H2,1-3H3. The quantitative estimate of drug-likeness (QED) is 0.860. The van der Waals surface area contributed by atoms with E-state index in [1.54, 1.807) is 7.11 Å². The summed E-state index contributed by atoms with van der Waals surface area (Å²) in [5.74, 6) is 1.59. The Morgan fingerprint density at radius 2 is 2.25 bits per heavy atom. The third-order valence-electron chi connectivity index (χ3n) is 3.63. The van der Waals surface area contributed by atoms with Crippen molar-refractivity contribution in [3.05, 3.63) is 18.1 Å². The minimum atomic E-state index is 0.466. The van der Waals surface area contributed by atoms with E-state index in [-0.39, 0.29) is 0 Å². The fourth-order valence-corrected chi connectivity index (χ4v) is 2.56. The van der Waals surface area contributed by atoms with Crippen LogP contribution in [0.5, 0.6) is 0 Å². The van der Waals surface area contributed by atoms with Crippen LogP contribution in [-0.4, -0.2) is 42.8 Å². The van der Waals surface area contributed by atoms with Gasteiger partial charge >= 0.3 is 0 Å². The van der Waals surface area contributed by atoms with Crippen LogP contribution < -0.4 is 10.2 Å². The van der Waals surface area contributed by atoms with E-state index in [1.807, 2.05) is 12.4 Å². The fourth-order valence-electron chi connectivity index (χ4n) is 2.56. The van der Waals surface area contributed by atoms with Gasteiger partial charge in [-0.1, -0.05) is 13.8 Å². The summed E-state index contributed by atoms with van der Waals surface area (Å²) in [4.78, 5) is 11.4. The van der Waals surface area contributed by atoms with E-state index in [1.165, 1.54) is 12.8 Å². The molecule has 0 aliphatic carbocycles. The number of aromatic nitrogens is 2. The maximum absolute atomic E-state index is 5.27. The summed E-state index contributed by atoms with van der Waals surface area (Å²) in [7, 11) is 1.77. The van der Waals surface area contributed by atoms with Gasteiger partial charge in [-0.25, -0.2) is 4.98 Å². The van der Waals surface area contributed by atoms with Gasteiger partial charge in [0.05, 0.1) is 24.7 Å². The maximum Gasteiger partial charge on any atom is 0.147 e. The number of methoxy groups -OCH3 is 1. The number of ether oxygens (including phenoxy) is 1. The van der Waals surface area contributed by atoms with Crippen molar-refractivity contribution < 1.29 is 4.74 Å². The van der Waals surface area contributed by atoms with Gasteiger partial charge in [-0.2, -0.15) is 0 Å². The highest BCUT2D eigenvalue weighted by Gasteiger charge is 2.20. The smallest absolute Gasteiger partial charge is 0.147 e. The monoisotopic (exact) mass is 278 g/mol. The van der Waals surface area contributed by atoms with Crippen LogP contribution in [0.25, 0.3) is 0 Å². The molecule has 1 fully saturated rings. The van der Waals surface area contributed by atoms with Gasteiger partial charge in [-0.05, 0) is 18.8 Å². The van der Waals surface area contributed by atoms with Gasteiger partial charge in [-0.3, -0.25) is 4.98 Å². The Bertz CT molecular complexity index is 391. The maximum atomic E-state index is 5.27. The molecule has 0 radical (unpaired) electrons. The van der Waals surface area contributed by atoms with Gasteiger partial charge in [0.1, 0.15) is 5.82 Å². The Morgan fingerprint density at radius 3 is 2.90 bits per heavy atom. The van der Waals surface area contributed by atoms with E-state index in [4.69, 9.17) is 4.74 Å². The van der Waals surface area contributed by atoms with Crippen molar-refractivity contribution in [2.24, 2.45) is 5.92 Å². The predicted octanol–water partition coefficient (Wildman–Crippen LogP) is 1.84. The van der Waals surface area contributed by atoms with Crippen molar-refractivity contribution in [1.82, 2.24) is 15.3 Å². The number of piperidine rings is 1. The molecule has 112 valence electrons. The summed E-state index contributed by atoms with van der Waals surface area (Å²) < 4.78 is 5.27. The van der Waals surface area contributed by atoms with E-state index in [0.29, 0.717) is 12.0 Å². The molecule has 1 saturated heterocycles. The molecule has 2 rings (SSSR count). The molecule has 1 aliphatic rings. The molecule has 20 heavy (non-hydrogen) atoms. The van der Waals surface area contributed by atoms with E-state index < -0.39 is 0 Å². The molecule has 0 spiro atoms. The third kappa shape index (κ3) is 4.42. The van der Waals surface area contributed by atoms with Crippen molar-refractivity contribution in [2.45, 2.75) is 39.3 Å². The normalized spacial score (nSPS) is 19.6. The molecular formula is C15H26N4O. The van der Waals surface area contributed by atoms with E-state index >= 15 is 0 Å². The number of nitrogens with zero attached hydrogens (tertiary/aromatic N) is 3. The van der Waals surface area contributed by atoms with Crippen molar-refractivity contribution >= 4 is 5.82 Å². The molecule has 0 bridgehead atoms. The molecule has 5 nitrogen and oxygen atoms in total. The molecular weight excluding hydrogens is 252 g/mol. The Labute approximate surface area is 121 Å².